The van der Waals surface area contributed by atoms with Gasteiger partial charge in [0.1, 0.15) is 23.0 Å². The molecule has 5 heteroatoms. The average Bonchev–Trinajstić information content (AvgIpc) is 3.04. The first kappa shape index (κ1) is 32.9. The van der Waals surface area contributed by atoms with E-state index in [0.717, 1.165) is 82.7 Å². The lowest BCUT2D eigenvalue weighted by molar-refractivity contribution is 0.304. The van der Waals surface area contributed by atoms with Crippen molar-refractivity contribution in [2.24, 2.45) is 0 Å². The Kier molecular flexibility index (Phi) is 11.9. The lowest BCUT2D eigenvalue weighted by Crippen LogP contribution is -2.10. The van der Waals surface area contributed by atoms with E-state index in [0.29, 0.717) is 39.3 Å². The third kappa shape index (κ3) is 7.87. The van der Waals surface area contributed by atoms with Gasteiger partial charge in [-0.05, 0) is 70.7 Å². The molecule has 238 valence electrons. The number of fused-ring (bicyclic) bond motifs is 8. The van der Waals surface area contributed by atoms with E-state index in [1.807, 2.05) is 0 Å². The van der Waals surface area contributed by atoms with E-state index in [1.54, 1.807) is 0 Å². The minimum atomic E-state index is 0.657. The largest absolute Gasteiger partial charge is 0.493 e. The monoisotopic (exact) mass is 670 g/mol. The number of halogens is 1. The van der Waals surface area contributed by atoms with Crippen molar-refractivity contribution < 1.29 is 18.9 Å². The quantitative estimate of drug-likeness (QED) is 0.132. The van der Waals surface area contributed by atoms with Gasteiger partial charge >= 0.3 is 0 Å². The van der Waals surface area contributed by atoms with Crippen molar-refractivity contribution in [1.29, 1.82) is 0 Å². The first-order chi connectivity index (χ1) is 22.1. The Morgan fingerprint density at radius 3 is 1.09 bits per heavy atom. The molecule has 0 radical (unpaired) electrons. The van der Waals surface area contributed by atoms with E-state index in [4.69, 9.17) is 18.9 Å². The van der Waals surface area contributed by atoms with Crippen LogP contribution in [0.25, 0.3) is 0 Å². The molecular formula is C40H47BrO4. The van der Waals surface area contributed by atoms with Crippen LogP contribution >= 0.6 is 15.9 Å². The van der Waals surface area contributed by atoms with Crippen molar-refractivity contribution in [2.45, 2.75) is 79.1 Å². The molecule has 0 aromatic heterocycles. The summed E-state index contributed by atoms with van der Waals surface area (Å²) in [4.78, 5) is 0. The topological polar surface area (TPSA) is 36.9 Å². The van der Waals surface area contributed by atoms with Crippen LogP contribution in [-0.4, -0.2) is 26.4 Å². The lowest BCUT2D eigenvalue weighted by atomic mass is 9.91. The summed E-state index contributed by atoms with van der Waals surface area (Å²) < 4.78 is 27.3. The fourth-order valence-electron chi connectivity index (χ4n) is 6.06. The molecule has 0 saturated heterocycles. The first-order valence-electron chi connectivity index (χ1n) is 16.7. The molecule has 0 aliphatic heterocycles. The molecule has 4 nitrogen and oxygen atoms in total. The van der Waals surface area contributed by atoms with Crippen LogP contribution in [0.2, 0.25) is 0 Å². The van der Waals surface area contributed by atoms with Gasteiger partial charge in [0.25, 0.3) is 0 Å². The van der Waals surface area contributed by atoms with Crippen LogP contribution in [0, 0.1) is 0 Å². The van der Waals surface area contributed by atoms with Gasteiger partial charge in [0.2, 0.25) is 0 Å². The van der Waals surface area contributed by atoms with Crippen LogP contribution < -0.4 is 18.9 Å². The van der Waals surface area contributed by atoms with E-state index >= 15 is 0 Å². The molecule has 4 aromatic carbocycles. The molecule has 0 N–H and O–H groups in total. The number of hydrogen-bond donors (Lipinski definition) is 0. The second-order valence-corrected chi connectivity index (χ2v) is 12.7. The maximum absolute atomic E-state index is 6.59. The minimum absolute atomic E-state index is 0.657. The van der Waals surface area contributed by atoms with Gasteiger partial charge < -0.3 is 18.9 Å². The molecule has 5 rings (SSSR count). The van der Waals surface area contributed by atoms with E-state index in [-0.39, 0.29) is 0 Å². The first-order valence-corrected chi connectivity index (χ1v) is 17.5. The third-order valence-corrected chi connectivity index (χ3v) is 8.87. The minimum Gasteiger partial charge on any atom is -0.493 e. The number of rotatable bonds is 12. The average molecular weight is 672 g/mol. The fourth-order valence-corrected chi connectivity index (χ4v) is 6.52. The Balaban J connectivity index is 1.76. The highest BCUT2D eigenvalue weighted by Crippen LogP contribution is 2.40. The van der Waals surface area contributed by atoms with Gasteiger partial charge in [0.05, 0.1) is 26.4 Å². The highest BCUT2D eigenvalue weighted by molar-refractivity contribution is 9.10. The van der Waals surface area contributed by atoms with Gasteiger partial charge in [-0.3, -0.25) is 0 Å². The van der Waals surface area contributed by atoms with Crippen LogP contribution in [0.4, 0.5) is 0 Å². The van der Waals surface area contributed by atoms with Crippen LogP contribution in [-0.2, 0) is 25.7 Å². The summed E-state index contributed by atoms with van der Waals surface area (Å²) in [6.45, 7) is 11.3. The number of para-hydroxylation sites is 3. The maximum Gasteiger partial charge on any atom is 0.127 e. The van der Waals surface area contributed by atoms with Crippen LogP contribution in [0.3, 0.4) is 0 Å². The van der Waals surface area contributed by atoms with Crippen LogP contribution in [0.15, 0.2) is 71.2 Å². The molecular weight excluding hydrogens is 624 g/mol. The molecule has 0 heterocycles. The van der Waals surface area contributed by atoms with Crippen molar-refractivity contribution >= 4 is 15.9 Å². The Hall–Kier alpha value is -3.44. The standard InChI is InChI=1S/C40H47BrO4/c1-5-20-42-37-28-12-9-13-30(37)25-31-16-11-17-33(39(31)44-22-7-3)27-35-36(41)19-18-34(40(35)45-23-8-4)26-32-15-10-14-29(24-28)38(32)43-21-6-2/h9-19H,5-8,20-27H2,1-4H3. The molecule has 0 atom stereocenters. The fraction of sp³-hybridized carbons (Fsp3) is 0.400. The van der Waals surface area contributed by atoms with E-state index in [1.165, 1.54) is 27.8 Å². The van der Waals surface area contributed by atoms with E-state index < -0.39 is 0 Å². The maximum atomic E-state index is 6.59. The molecule has 0 spiro atoms. The SMILES string of the molecule is CCCOc1c2cccc1Cc1cccc(c1OCCC)Cc1c(Br)ccc(c1OCCC)Cc1cccc(c1OCCC)C2. The Morgan fingerprint density at radius 1 is 0.422 bits per heavy atom. The summed E-state index contributed by atoms with van der Waals surface area (Å²) in [5.41, 5.74) is 9.33. The van der Waals surface area contributed by atoms with Crippen LogP contribution in [0.1, 0.15) is 97.9 Å². The normalized spacial score (nSPS) is 12.5. The molecule has 1 aliphatic carbocycles. The summed E-state index contributed by atoms with van der Waals surface area (Å²) in [6.07, 6.45) is 6.63. The molecule has 1 aliphatic rings. The second-order valence-electron chi connectivity index (χ2n) is 11.8. The predicted octanol–water partition coefficient (Wildman–Crippen LogP) is 10.3. The molecule has 0 unspecified atom stereocenters. The van der Waals surface area contributed by atoms with Crippen molar-refractivity contribution in [3.63, 3.8) is 0 Å². The summed E-state index contributed by atoms with van der Waals surface area (Å²) >= 11 is 3.91. The number of hydrogen-bond acceptors (Lipinski definition) is 4. The molecule has 0 amide bonds. The predicted molar refractivity (Wildman–Crippen MR) is 188 cm³/mol. The van der Waals surface area contributed by atoms with Crippen molar-refractivity contribution in [3.05, 3.63) is 116 Å². The van der Waals surface area contributed by atoms with Gasteiger partial charge in [-0.2, -0.15) is 0 Å². The third-order valence-electron chi connectivity index (χ3n) is 8.13. The zero-order valence-electron chi connectivity index (χ0n) is 27.3. The smallest absolute Gasteiger partial charge is 0.127 e. The summed E-state index contributed by atoms with van der Waals surface area (Å²) in [5, 5.41) is 0. The van der Waals surface area contributed by atoms with Gasteiger partial charge in [-0.25, -0.2) is 0 Å². The molecule has 4 aromatic rings. The Labute approximate surface area is 278 Å². The molecule has 0 fully saturated rings. The van der Waals surface area contributed by atoms with E-state index in [2.05, 4.69) is 110 Å². The van der Waals surface area contributed by atoms with Gasteiger partial charge in [-0.15, -0.1) is 0 Å². The molecule has 45 heavy (non-hydrogen) atoms. The molecule has 0 saturated carbocycles. The Morgan fingerprint density at radius 2 is 0.733 bits per heavy atom. The van der Waals surface area contributed by atoms with Crippen molar-refractivity contribution in [2.75, 3.05) is 26.4 Å². The van der Waals surface area contributed by atoms with Crippen molar-refractivity contribution in [1.82, 2.24) is 0 Å². The highest BCUT2D eigenvalue weighted by atomic mass is 79.9. The van der Waals surface area contributed by atoms with Crippen molar-refractivity contribution in [3.8, 4) is 23.0 Å². The lowest BCUT2D eigenvalue weighted by Gasteiger charge is -2.23. The van der Waals surface area contributed by atoms with Crippen LogP contribution in [0.5, 0.6) is 23.0 Å². The molecule has 8 bridgehead atoms. The zero-order valence-corrected chi connectivity index (χ0v) is 28.9. The summed E-state index contributed by atoms with van der Waals surface area (Å²) in [5.74, 6) is 3.88. The van der Waals surface area contributed by atoms with Gasteiger partial charge in [0, 0.05) is 35.7 Å². The number of ether oxygens (including phenoxy) is 4. The van der Waals surface area contributed by atoms with Gasteiger partial charge in [0.15, 0.2) is 0 Å². The second kappa shape index (κ2) is 16.2. The Bertz CT molecular complexity index is 1580. The summed E-state index contributed by atoms with van der Waals surface area (Å²) in [7, 11) is 0. The number of benzene rings is 4. The highest BCUT2D eigenvalue weighted by Gasteiger charge is 2.22. The van der Waals surface area contributed by atoms with E-state index in [9.17, 15) is 0 Å². The van der Waals surface area contributed by atoms with Gasteiger partial charge in [-0.1, -0.05) is 104 Å². The summed E-state index contributed by atoms with van der Waals surface area (Å²) in [6, 6.07) is 24.1. The zero-order chi connectivity index (χ0) is 31.6.